The second-order valence-electron chi connectivity index (χ2n) is 5.66. The molecule has 2 nitrogen and oxygen atoms in total. The van der Waals surface area contributed by atoms with Gasteiger partial charge >= 0.3 is 0 Å². The van der Waals surface area contributed by atoms with E-state index in [1.54, 1.807) is 0 Å². The topological polar surface area (TPSA) is 29.1 Å². The number of rotatable bonds is 2. The number of halogens is 1. The Morgan fingerprint density at radius 2 is 2.00 bits per heavy atom. The van der Waals surface area contributed by atoms with Gasteiger partial charge in [-0.2, -0.15) is 0 Å². The predicted molar refractivity (Wildman–Crippen MR) is 82.4 cm³/mol. The van der Waals surface area contributed by atoms with Crippen LogP contribution in [0.15, 0.2) is 22.7 Å². The smallest absolute Gasteiger partial charge is 0.251 e. The number of aryl methyl sites for hydroxylation is 1. The van der Waals surface area contributed by atoms with Crippen molar-refractivity contribution in [2.24, 2.45) is 5.92 Å². The van der Waals surface area contributed by atoms with Crippen LogP contribution < -0.4 is 5.32 Å². The average Bonchev–Trinajstić information content (AvgIpc) is 2.58. The maximum Gasteiger partial charge on any atom is 0.251 e. The molecule has 0 radical (unpaired) electrons. The van der Waals surface area contributed by atoms with E-state index in [9.17, 15) is 4.79 Å². The molecule has 0 bridgehead atoms. The Bertz CT molecular complexity index is 458. The Labute approximate surface area is 124 Å². The number of hydrogen-bond donors (Lipinski definition) is 1. The molecule has 104 valence electrons. The maximum atomic E-state index is 12.3. The molecule has 19 heavy (non-hydrogen) atoms. The van der Waals surface area contributed by atoms with E-state index in [4.69, 9.17) is 0 Å². The molecule has 0 aliphatic heterocycles. The van der Waals surface area contributed by atoms with E-state index in [-0.39, 0.29) is 5.91 Å². The molecule has 0 heterocycles. The molecule has 2 atom stereocenters. The van der Waals surface area contributed by atoms with Crippen molar-refractivity contribution in [3.63, 3.8) is 0 Å². The molecule has 0 spiro atoms. The van der Waals surface area contributed by atoms with E-state index in [1.807, 2.05) is 25.1 Å². The average molecular weight is 324 g/mol. The van der Waals surface area contributed by atoms with E-state index < -0.39 is 0 Å². The highest BCUT2D eigenvalue weighted by atomic mass is 79.9. The van der Waals surface area contributed by atoms with Crippen molar-refractivity contribution in [1.29, 1.82) is 0 Å². The van der Waals surface area contributed by atoms with Crippen LogP contribution in [0.4, 0.5) is 0 Å². The monoisotopic (exact) mass is 323 g/mol. The number of benzene rings is 1. The fourth-order valence-electron chi connectivity index (χ4n) is 2.69. The first-order valence-corrected chi connectivity index (χ1v) is 7.94. The van der Waals surface area contributed by atoms with Gasteiger partial charge in [0, 0.05) is 16.1 Å². The summed E-state index contributed by atoms with van der Waals surface area (Å²) >= 11 is 3.48. The predicted octanol–water partition coefficient (Wildman–Crippen LogP) is 4.46. The zero-order valence-corrected chi connectivity index (χ0v) is 13.3. The van der Waals surface area contributed by atoms with E-state index in [0.717, 1.165) is 22.0 Å². The number of nitrogens with one attached hydrogen (secondary N) is 1. The second-order valence-corrected chi connectivity index (χ2v) is 6.51. The minimum absolute atomic E-state index is 0.0550. The first-order valence-electron chi connectivity index (χ1n) is 7.15. The number of carbonyl (C=O) groups is 1. The highest BCUT2D eigenvalue weighted by molar-refractivity contribution is 9.10. The lowest BCUT2D eigenvalue weighted by Crippen LogP contribution is -2.38. The molecular formula is C16H22BrNO. The Morgan fingerprint density at radius 1 is 1.26 bits per heavy atom. The molecule has 1 aromatic carbocycles. The van der Waals surface area contributed by atoms with E-state index in [2.05, 4.69) is 28.2 Å². The van der Waals surface area contributed by atoms with E-state index >= 15 is 0 Å². The maximum absolute atomic E-state index is 12.3. The summed E-state index contributed by atoms with van der Waals surface area (Å²) in [7, 11) is 0. The Morgan fingerprint density at radius 3 is 2.74 bits per heavy atom. The van der Waals surface area contributed by atoms with Crippen molar-refractivity contribution >= 4 is 21.8 Å². The molecule has 0 aromatic heterocycles. The van der Waals surface area contributed by atoms with Crippen LogP contribution in [0.1, 0.15) is 54.9 Å². The fraction of sp³-hybridized carbons (Fsp3) is 0.562. The van der Waals surface area contributed by atoms with Crippen LogP contribution in [0.5, 0.6) is 0 Å². The zero-order valence-electron chi connectivity index (χ0n) is 11.7. The van der Waals surface area contributed by atoms with Crippen LogP contribution in [0.2, 0.25) is 0 Å². The van der Waals surface area contributed by atoms with Gasteiger partial charge in [0.1, 0.15) is 0 Å². The third kappa shape index (κ3) is 3.82. The van der Waals surface area contributed by atoms with Gasteiger partial charge in [0.05, 0.1) is 0 Å². The summed E-state index contributed by atoms with van der Waals surface area (Å²) in [6.45, 7) is 4.28. The van der Waals surface area contributed by atoms with Crippen molar-refractivity contribution in [1.82, 2.24) is 5.32 Å². The summed E-state index contributed by atoms with van der Waals surface area (Å²) in [6, 6.07) is 6.12. The first kappa shape index (κ1) is 14.6. The highest BCUT2D eigenvalue weighted by Crippen LogP contribution is 2.24. The Hall–Kier alpha value is -0.830. The highest BCUT2D eigenvalue weighted by Gasteiger charge is 2.22. The molecule has 1 aromatic rings. The molecule has 0 saturated heterocycles. The van der Waals surface area contributed by atoms with Gasteiger partial charge < -0.3 is 5.32 Å². The molecule has 1 N–H and O–H groups in total. The van der Waals surface area contributed by atoms with Crippen LogP contribution >= 0.6 is 15.9 Å². The quantitative estimate of drug-likeness (QED) is 0.800. The molecule has 2 rings (SSSR count). The third-order valence-corrected chi connectivity index (χ3v) is 4.97. The normalized spacial score (nSPS) is 23.7. The van der Waals surface area contributed by atoms with Gasteiger partial charge in [-0.05, 0) is 43.4 Å². The van der Waals surface area contributed by atoms with Gasteiger partial charge in [0.15, 0.2) is 0 Å². The van der Waals surface area contributed by atoms with Crippen LogP contribution in [0.25, 0.3) is 0 Å². The van der Waals surface area contributed by atoms with Crippen LogP contribution in [-0.2, 0) is 0 Å². The molecule has 1 amide bonds. The minimum atomic E-state index is 0.0550. The number of amides is 1. The van der Waals surface area contributed by atoms with Crippen molar-refractivity contribution in [3.8, 4) is 0 Å². The first-order chi connectivity index (χ1) is 9.08. The molecule has 1 aliphatic rings. The van der Waals surface area contributed by atoms with Crippen LogP contribution in [0, 0.1) is 12.8 Å². The molecule has 1 aliphatic carbocycles. The van der Waals surface area contributed by atoms with Crippen molar-refractivity contribution in [2.45, 2.75) is 52.0 Å². The summed E-state index contributed by atoms with van der Waals surface area (Å²) in [4.78, 5) is 12.3. The number of carbonyl (C=O) groups excluding carboxylic acids is 1. The zero-order chi connectivity index (χ0) is 13.8. The lowest BCUT2D eigenvalue weighted by atomic mass is 9.96. The molecule has 1 fully saturated rings. The summed E-state index contributed by atoms with van der Waals surface area (Å²) in [5.41, 5.74) is 1.90. The standard InChI is InChI=1S/C16H22BrNO/c1-11-8-9-13(10-14(11)17)16(19)18-15-7-5-3-4-6-12(15)2/h8-10,12,15H,3-7H2,1-2H3,(H,18,19). The SMILES string of the molecule is Cc1ccc(C(=O)NC2CCCCCC2C)cc1Br. The summed E-state index contributed by atoms with van der Waals surface area (Å²) in [5.74, 6) is 0.639. The van der Waals surface area contributed by atoms with Crippen LogP contribution in [0.3, 0.4) is 0 Å². The molecule has 1 saturated carbocycles. The molecule has 3 heteroatoms. The second kappa shape index (κ2) is 6.56. The number of hydrogen-bond acceptors (Lipinski definition) is 1. The fourth-order valence-corrected chi connectivity index (χ4v) is 3.07. The van der Waals surface area contributed by atoms with Gasteiger partial charge in [-0.3, -0.25) is 4.79 Å². The lowest BCUT2D eigenvalue weighted by Gasteiger charge is -2.23. The summed E-state index contributed by atoms with van der Waals surface area (Å²) in [6.07, 6.45) is 6.16. The van der Waals surface area contributed by atoms with Gasteiger partial charge in [0.25, 0.3) is 5.91 Å². The summed E-state index contributed by atoms with van der Waals surface area (Å²) in [5, 5.41) is 3.21. The summed E-state index contributed by atoms with van der Waals surface area (Å²) < 4.78 is 0.995. The van der Waals surface area contributed by atoms with Gasteiger partial charge in [0.2, 0.25) is 0 Å². The van der Waals surface area contributed by atoms with Crippen molar-refractivity contribution < 1.29 is 4.79 Å². The van der Waals surface area contributed by atoms with E-state index in [0.29, 0.717) is 12.0 Å². The van der Waals surface area contributed by atoms with E-state index in [1.165, 1.54) is 25.7 Å². The Balaban J connectivity index is 2.05. The van der Waals surface area contributed by atoms with Crippen molar-refractivity contribution in [3.05, 3.63) is 33.8 Å². The largest absolute Gasteiger partial charge is 0.349 e. The van der Waals surface area contributed by atoms with Gasteiger partial charge in [-0.15, -0.1) is 0 Å². The van der Waals surface area contributed by atoms with Crippen molar-refractivity contribution in [2.75, 3.05) is 0 Å². The third-order valence-electron chi connectivity index (χ3n) is 4.11. The van der Waals surface area contributed by atoms with Gasteiger partial charge in [-0.25, -0.2) is 0 Å². The lowest BCUT2D eigenvalue weighted by molar-refractivity contribution is 0.0921. The molecular weight excluding hydrogens is 302 g/mol. The Kier molecular flexibility index (Phi) is 5.03. The van der Waals surface area contributed by atoms with Crippen LogP contribution in [-0.4, -0.2) is 11.9 Å². The minimum Gasteiger partial charge on any atom is -0.349 e. The van der Waals surface area contributed by atoms with Gasteiger partial charge in [-0.1, -0.05) is 48.2 Å². The molecule has 2 unspecified atom stereocenters.